The van der Waals surface area contributed by atoms with Crippen LogP contribution < -0.4 is 9.47 Å². The fourth-order valence-corrected chi connectivity index (χ4v) is 1.77. The zero-order valence-electron chi connectivity index (χ0n) is 9.43. The van der Waals surface area contributed by atoms with Crippen LogP contribution in [0.5, 0.6) is 11.5 Å². The van der Waals surface area contributed by atoms with E-state index in [0.717, 1.165) is 22.8 Å². The Bertz CT molecular complexity index is 592. The molecule has 4 nitrogen and oxygen atoms in total. The number of fused-ring (bicyclic) bond motifs is 1. The first-order valence-corrected chi connectivity index (χ1v) is 5.97. The van der Waals surface area contributed by atoms with Crippen LogP contribution >= 0.6 is 11.6 Å². The van der Waals surface area contributed by atoms with Crippen LogP contribution in [0.1, 0.15) is 17.1 Å². The maximum atomic E-state index is 5.64. The van der Waals surface area contributed by atoms with Crippen molar-refractivity contribution in [2.24, 2.45) is 0 Å². The number of rotatable bonds is 3. The average molecular weight is 264 g/mol. The first-order chi connectivity index (χ1) is 8.85. The molecule has 18 heavy (non-hydrogen) atoms. The summed E-state index contributed by atoms with van der Waals surface area (Å²) in [6, 6.07) is 5.72. The lowest BCUT2D eigenvalue weighted by atomic mass is 10.2. The summed E-state index contributed by atoms with van der Waals surface area (Å²) < 4.78 is 15.8. The van der Waals surface area contributed by atoms with Crippen molar-refractivity contribution in [3.05, 3.63) is 41.6 Å². The van der Waals surface area contributed by atoms with E-state index in [0.29, 0.717) is 11.8 Å². The van der Waals surface area contributed by atoms with Crippen LogP contribution in [0.15, 0.2) is 28.9 Å². The van der Waals surface area contributed by atoms with Gasteiger partial charge < -0.3 is 13.9 Å². The SMILES string of the molecule is ClCc1coc(/C=C/c2ccc3c(c2)OCO3)n1. The highest BCUT2D eigenvalue weighted by atomic mass is 35.5. The lowest BCUT2D eigenvalue weighted by Gasteiger charge is -1.96. The summed E-state index contributed by atoms with van der Waals surface area (Å²) in [6.45, 7) is 0.279. The van der Waals surface area contributed by atoms with Crippen molar-refractivity contribution in [1.82, 2.24) is 4.98 Å². The molecule has 0 N–H and O–H groups in total. The van der Waals surface area contributed by atoms with Crippen molar-refractivity contribution < 1.29 is 13.9 Å². The molecule has 92 valence electrons. The molecule has 0 atom stereocenters. The standard InChI is InChI=1S/C13H10ClNO3/c14-6-10-7-16-13(15-10)4-2-9-1-3-11-12(5-9)18-8-17-11/h1-5,7H,6,8H2/b4-2+. The van der Waals surface area contributed by atoms with Gasteiger partial charge in [-0.1, -0.05) is 6.07 Å². The topological polar surface area (TPSA) is 44.5 Å². The van der Waals surface area contributed by atoms with Gasteiger partial charge in [0.05, 0.1) is 11.6 Å². The summed E-state index contributed by atoms with van der Waals surface area (Å²) in [5.41, 5.74) is 1.71. The van der Waals surface area contributed by atoms with Gasteiger partial charge in [-0.15, -0.1) is 11.6 Å². The van der Waals surface area contributed by atoms with Gasteiger partial charge in [0.1, 0.15) is 6.26 Å². The summed E-state index contributed by atoms with van der Waals surface area (Å²) in [6.07, 6.45) is 5.23. The molecule has 1 aromatic heterocycles. The molecule has 2 heterocycles. The van der Waals surface area contributed by atoms with E-state index in [-0.39, 0.29) is 6.79 Å². The number of oxazole rings is 1. The zero-order chi connectivity index (χ0) is 12.4. The van der Waals surface area contributed by atoms with E-state index < -0.39 is 0 Å². The minimum absolute atomic E-state index is 0.279. The molecule has 1 aliphatic heterocycles. The minimum Gasteiger partial charge on any atom is -0.454 e. The summed E-state index contributed by atoms with van der Waals surface area (Å²) >= 11 is 5.64. The van der Waals surface area contributed by atoms with Gasteiger partial charge >= 0.3 is 0 Å². The molecule has 2 aromatic rings. The molecule has 0 amide bonds. The van der Waals surface area contributed by atoms with Crippen LogP contribution in [-0.2, 0) is 5.88 Å². The molecule has 3 rings (SSSR count). The number of aromatic nitrogens is 1. The number of ether oxygens (including phenoxy) is 2. The van der Waals surface area contributed by atoms with Crippen molar-refractivity contribution in [3.63, 3.8) is 0 Å². The quantitative estimate of drug-likeness (QED) is 0.797. The lowest BCUT2D eigenvalue weighted by Crippen LogP contribution is -1.92. The lowest BCUT2D eigenvalue weighted by molar-refractivity contribution is 0.174. The Labute approximate surface area is 109 Å². The maximum absolute atomic E-state index is 5.64. The second-order valence-electron chi connectivity index (χ2n) is 3.76. The van der Waals surface area contributed by atoms with E-state index in [9.17, 15) is 0 Å². The highest BCUT2D eigenvalue weighted by molar-refractivity contribution is 6.16. The normalized spacial score (nSPS) is 13.4. The van der Waals surface area contributed by atoms with E-state index in [2.05, 4.69) is 4.98 Å². The molecule has 0 spiro atoms. The van der Waals surface area contributed by atoms with E-state index in [1.54, 1.807) is 12.3 Å². The molecule has 0 bridgehead atoms. The summed E-state index contributed by atoms with van der Waals surface area (Å²) in [5.74, 6) is 2.41. The molecular weight excluding hydrogens is 254 g/mol. The van der Waals surface area contributed by atoms with Crippen LogP contribution in [0.2, 0.25) is 0 Å². The summed E-state index contributed by atoms with van der Waals surface area (Å²) in [7, 11) is 0. The third kappa shape index (κ3) is 2.19. The smallest absolute Gasteiger partial charge is 0.231 e. The number of alkyl halides is 1. The highest BCUT2D eigenvalue weighted by Crippen LogP contribution is 2.32. The van der Waals surface area contributed by atoms with Gasteiger partial charge in [0, 0.05) is 6.08 Å². The van der Waals surface area contributed by atoms with Crippen LogP contribution in [0.3, 0.4) is 0 Å². The van der Waals surface area contributed by atoms with Gasteiger partial charge in [-0.05, 0) is 23.8 Å². The van der Waals surface area contributed by atoms with Gasteiger partial charge in [-0.2, -0.15) is 0 Å². The number of hydrogen-bond donors (Lipinski definition) is 0. The Morgan fingerprint density at radius 1 is 1.22 bits per heavy atom. The van der Waals surface area contributed by atoms with Crippen LogP contribution in [-0.4, -0.2) is 11.8 Å². The molecule has 0 fully saturated rings. The van der Waals surface area contributed by atoms with E-state index in [4.69, 9.17) is 25.5 Å². The first kappa shape index (κ1) is 11.2. The predicted molar refractivity (Wildman–Crippen MR) is 67.6 cm³/mol. The van der Waals surface area contributed by atoms with Gasteiger partial charge in [0.2, 0.25) is 12.7 Å². The van der Waals surface area contributed by atoms with E-state index in [1.165, 1.54) is 0 Å². The van der Waals surface area contributed by atoms with Crippen LogP contribution in [0, 0.1) is 0 Å². The number of halogens is 1. The van der Waals surface area contributed by atoms with Crippen molar-refractivity contribution in [1.29, 1.82) is 0 Å². The molecule has 0 saturated carbocycles. The molecule has 0 radical (unpaired) electrons. The molecular formula is C13H10ClNO3. The monoisotopic (exact) mass is 263 g/mol. The summed E-state index contributed by atoms with van der Waals surface area (Å²) in [5, 5.41) is 0. The van der Waals surface area contributed by atoms with Gasteiger partial charge in [-0.3, -0.25) is 0 Å². The minimum atomic E-state index is 0.279. The van der Waals surface area contributed by atoms with Gasteiger partial charge in [-0.25, -0.2) is 4.98 Å². The third-order valence-corrected chi connectivity index (χ3v) is 2.80. The Balaban J connectivity index is 1.79. The highest BCUT2D eigenvalue weighted by Gasteiger charge is 2.12. The van der Waals surface area contributed by atoms with Crippen LogP contribution in [0.4, 0.5) is 0 Å². The molecule has 5 heteroatoms. The van der Waals surface area contributed by atoms with E-state index >= 15 is 0 Å². The number of benzene rings is 1. The average Bonchev–Trinajstić information content (AvgIpc) is 3.04. The van der Waals surface area contributed by atoms with Gasteiger partial charge in [0.15, 0.2) is 11.5 Å². The fraction of sp³-hybridized carbons (Fsp3) is 0.154. The Morgan fingerprint density at radius 2 is 2.11 bits per heavy atom. The van der Waals surface area contributed by atoms with Crippen molar-refractivity contribution >= 4 is 23.8 Å². The second-order valence-corrected chi connectivity index (χ2v) is 4.02. The summed E-state index contributed by atoms with van der Waals surface area (Å²) in [4.78, 5) is 4.17. The molecule has 1 aromatic carbocycles. The number of hydrogen-bond acceptors (Lipinski definition) is 4. The molecule has 0 aliphatic carbocycles. The van der Waals surface area contributed by atoms with E-state index in [1.807, 2.05) is 24.3 Å². The third-order valence-electron chi connectivity index (χ3n) is 2.52. The van der Waals surface area contributed by atoms with Crippen molar-refractivity contribution in [2.75, 3.05) is 6.79 Å². The Kier molecular flexibility index (Phi) is 2.94. The van der Waals surface area contributed by atoms with Crippen molar-refractivity contribution in [2.45, 2.75) is 5.88 Å². The maximum Gasteiger partial charge on any atom is 0.231 e. The fourth-order valence-electron chi connectivity index (χ4n) is 1.64. The second kappa shape index (κ2) is 4.74. The molecule has 0 unspecified atom stereocenters. The predicted octanol–water partition coefficient (Wildman–Crippen LogP) is 3.31. The molecule has 0 saturated heterocycles. The Morgan fingerprint density at radius 3 is 2.94 bits per heavy atom. The Hall–Kier alpha value is -1.94. The molecule has 1 aliphatic rings. The first-order valence-electron chi connectivity index (χ1n) is 5.43. The largest absolute Gasteiger partial charge is 0.454 e. The van der Waals surface area contributed by atoms with Gasteiger partial charge in [0.25, 0.3) is 0 Å². The zero-order valence-corrected chi connectivity index (χ0v) is 10.2. The van der Waals surface area contributed by atoms with Crippen molar-refractivity contribution in [3.8, 4) is 11.5 Å². The number of nitrogens with zero attached hydrogens (tertiary/aromatic N) is 1. The van der Waals surface area contributed by atoms with Crippen LogP contribution in [0.25, 0.3) is 12.2 Å².